The molecular formula is C28H32N2O2. The number of hydrogen-bond acceptors (Lipinski definition) is 4. The van der Waals surface area contributed by atoms with E-state index in [9.17, 15) is 5.11 Å². The first-order valence-corrected chi connectivity index (χ1v) is 11.6. The van der Waals surface area contributed by atoms with Gasteiger partial charge in [-0.25, -0.2) is 0 Å². The highest BCUT2D eigenvalue weighted by Gasteiger charge is 2.48. The summed E-state index contributed by atoms with van der Waals surface area (Å²) in [4.78, 5) is 5.00. The van der Waals surface area contributed by atoms with Gasteiger partial charge in [-0.05, 0) is 55.1 Å². The van der Waals surface area contributed by atoms with Crippen molar-refractivity contribution in [2.45, 2.75) is 30.8 Å². The molecule has 3 aliphatic heterocycles. The third-order valence-electron chi connectivity index (χ3n) is 7.51. The molecule has 3 aromatic rings. The summed E-state index contributed by atoms with van der Waals surface area (Å²) in [5.41, 5.74) is 3.54. The smallest absolute Gasteiger partial charge is 0.181 e. The number of para-hydroxylation sites is 1. The van der Waals surface area contributed by atoms with Crippen LogP contribution in [0.1, 0.15) is 29.9 Å². The van der Waals surface area contributed by atoms with Gasteiger partial charge in [0, 0.05) is 25.0 Å². The lowest BCUT2D eigenvalue weighted by atomic mass is 9.70. The van der Waals surface area contributed by atoms with Crippen LogP contribution in [0.15, 0.2) is 78.9 Å². The molecule has 3 fully saturated rings. The van der Waals surface area contributed by atoms with Gasteiger partial charge in [-0.1, -0.05) is 66.7 Å². The lowest BCUT2D eigenvalue weighted by molar-refractivity contribution is 0.0185. The summed E-state index contributed by atoms with van der Waals surface area (Å²) in [5.74, 6) is 1.61. The average molecular weight is 429 g/mol. The number of aromatic hydroxyl groups is 1. The number of nitrogens with zero attached hydrogens (tertiary/aromatic N) is 2. The van der Waals surface area contributed by atoms with E-state index in [0.717, 1.165) is 18.8 Å². The number of phenolic OH excluding ortho intramolecular Hbond substituents is 1. The molecule has 0 aliphatic carbocycles. The fraction of sp³-hybridized carbons (Fsp3) is 0.357. The summed E-state index contributed by atoms with van der Waals surface area (Å²) < 4.78 is 5.41. The molecule has 3 aromatic carbocycles. The third-order valence-corrected chi connectivity index (χ3v) is 7.51. The lowest BCUT2D eigenvalue weighted by Gasteiger charge is -2.56. The number of phenols is 1. The van der Waals surface area contributed by atoms with Gasteiger partial charge in [0.05, 0.1) is 12.8 Å². The Bertz CT molecular complexity index is 992. The van der Waals surface area contributed by atoms with Crippen LogP contribution in [0.4, 0.5) is 5.69 Å². The van der Waals surface area contributed by atoms with Crippen LogP contribution in [-0.4, -0.2) is 49.3 Å². The van der Waals surface area contributed by atoms with Crippen LogP contribution in [0.5, 0.6) is 11.5 Å². The maximum absolute atomic E-state index is 10.9. The number of anilines is 1. The van der Waals surface area contributed by atoms with Gasteiger partial charge in [0.1, 0.15) is 0 Å². The fourth-order valence-corrected chi connectivity index (χ4v) is 6.04. The minimum Gasteiger partial charge on any atom is -0.503 e. The maximum atomic E-state index is 10.9. The molecule has 2 atom stereocenters. The van der Waals surface area contributed by atoms with Crippen LogP contribution < -0.4 is 9.64 Å². The Morgan fingerprint density at radius 3 is 2.03 bits per heavy atom. The van der Waals surface area contributed by atoms with Gasteiger partial charge in [-0.3, -0.25) is 4.90 Å². The number of piperidine rings is 3. The maximum Gasteiger partial charge on any atom is 0.181 e. The minimum absolute atomic E-state index is 0.226. The Labute approximate surface area is 191 Å². The Kier molecular flexibility index (Phi) is 5.79. The van der Waals surface area contributed by atoms with Crippen molar-refractivity contribution in [3.8, 4) is 11.5 Å². The van der Waals surface area contributed by atoms with Crippen molar-refractivity contribution in [1.82, 2.24) is 4.90 Å². The van der Waals surface area contributed by atoms with Crippen molar-refractivity contribution in [2.75, 3.05) is 32.1 Å². The predicted molar refractivity (Wildman–Crippen MR) is 130 cm³/mol. The zero-order valence-electron chi connectivity index (χ0n) is 18.9. The molecule has 166 valence electrons. The molecule has 3 saturated heterocycles. The van der Waals surface area contributed by atoms with Gasteiger partial charge in [0.15, 0.2) is 11.5 Å². The van der Waals surface area contributed by atoms with E-state index < -0.39 is 0 Å². The van der Waals surface area contributed by atoms with Crippen molar-refractivity contribution < 1.29 is 9.84 Å². The van der Waals surface area contributed by atoms with Gasteiger partial charge >= 0.3 is 0 Å². The van der Waals surface area contributed by atoms with E-state index in [2.05, 4.69) is 77.5 Å². The molecule has 3 heterocycles. The van der Waals surface area contributed by atoms with Crippen molar-refractivity contribution in [3.05, 3.63) is 90.0 Å². The molecule has 0 amide bonds. The highest BCUT2D eigenvalue weighted by Crippen LogP contribution is 2.46. The van der Waals surface area contributed by atoms with Crippen LogP contribution in [-0.2, 0) is 0 Å². The molecule has 0 aromatic heterocycles. The minimum atomic E-state index is 0.226. The van der Waals surface area contributed by atoms with Crippen molar-refractivity contribution in [3.63, 3.8) is 0 Å². The van der Waals surface area contributed by atoms with E-state index in [1.54, 1.807) is 7.11 Å². The second kappa shape index (κ2) is 8.87. The molecule has 0 unspecified atom stereocenters. The van der Waals surface area contributed by atoms with Gasteiger partial charge in [-0.2, -0.15) is 0 Å². The van der Waals surface area contributed by atoms with Crippen LogP contribution >= 0.6 is 0 Å². The molecule has 0 saturated carbocycles. The van der Waals surface area contributed by atoms with Crippen LogP contribution in [0.25, 0.3) is 0 Å². The number of methoxy groups -OCH3 is 1. The first-order valence-electron chi connectivity index (χ1n) is 11.6. The molecule has 3 aliphatic rings. The van der Waals surface area contributed by atoms with Crippen LogP contribution in [0, 0.1) is 5.92 Å². The average Bonchev–Trinajstić information content (AvgIpc) is 2.86. The van der Waals surface area contributed by atoms with Gasteiger partial charge in [-0.15, -0.1) is 0 Å². The van der Waals surface area contributed by atoms with E-state index in [4.69, 9.17) is 4.74 Å². The molecule has 4 heteroatoms. The number of rotatable bonds is 6. The van der Waals surface area contributed by atoms with E-state index in [1.165, 1.54) is 24.0 Å². The Balaban J connectivity index is 1.61. The highest BCUT2D eigenvalue weighted by molar-refractivity contribution is 5.64. The van der Waals surface area contributed by atoms with Crippen molar-refractivity contribution in [2.24, 2.45) is 5.92 Å². The SMILES string of the molecule is COc1cccc(N(C)[C@@H]2C3CCN(CC3)[C@@H]2C(c2ccccc2)c2ccccc2)c1O. The highest BCUT2D eigenvalue weighted by atomic mass is 16.5. The molecular weight excluding hydrogens is 396 g/mol. The first-order chi connectivity index (χ1) is 15.7. The summed E-state index contributed by atoms with van der Waals surface area (Å²) >= 11 is 0. The largest absolute Gasteiger partial charge is 0.503 e. The summed E-state index contributed by atoms with van der Waals surface area (Å²) in [6.45, 7) is 2.28. The number of fused-ring (bicyclic) bond motifs is 3. The normalized spacial score (nSPS) is 24.5. The van der Waals surface area contributed by atoms with Crippen molar-refractivity contribution >= 4 is 5.69 Å². The second-order valence-electron chi connectivity index (χ2n) is 9.09. The lowest BCUT2D eigenvalue weighted by Crippen LogP contribution is -2.65. The molecule has 0 radical (unpaired) electrons. The van der Waals surface area contributed by atoms with Crippen LogP contribution in [0.3, 0.4) is 0 Å². The Morgan fingerprint density at radius 1 is 0.875 bits per heavy atom. The summed E-state index contributed by atoms with van der Waals surface area (Å²) in [5, 5.41) is 10.9. The summed E-state index contributed by atoms with van der Waals surface area (Å²) in [7, 11) is 3.75. The molecule has 2 bridgehead atoms. The predicted octanol–water partition coefficient (Wildman–Crippen LogP) is 5.13. The van der Waals surface area contributed by atoms with E-state index >= 15 is 0 Å². The van der Waals surface area contributed by atoms with Crippen LogP contribution in [0.2, 0.25) is 0 Å². The van der Waals surface area contributed by atoms with E-state index in [-0.39, 0.29) is 11.7 Å². The number of ether oxygens (including phenoxy) is 1. The zero-order chi connectivity index (χ0) is 22.1. The summed E-state index contributed by atoms with van der Waals surface area (Å²) in [6.07, 6.45) is 2.40. The van der Waals surface area contributed by atoms with E-state index in [0.29, 0.717) is 23.8 Å². The molecule has 4 nitrogen and oxygen atoms in total. The monoisotopic (exact) mass is 428 g/mol. The van der Waals surface area contributed by atoms with Gasteiger partial charge in [0.25, 0.3) is 0 Å². The Hall–Kier alpha value is -2.98. The zero-order valence-corrected chi connectivity index (χ0v) is 18.9. The first kappa shape index (κ1) is 20.9. The molecule has 1 N–H and O–H groups in total. The summed E-state index contributed by atoms with van der Waals surface area (Å²) in [6, 6.07) is 28.2. The molecule has 0 spiro atoms. The van der Waals surface area contributed by atoms with Gasteiger partial charge in [0.2, 0.25) is 0 Å². The van der Waals surface area contributed by atoms with Gasteiger partial charge < -0.3 is 14.7 Å². The molecule has 32 heavy (non-hydrogen) atoms. The van der Waals surface area contributed by atoms with Crippen molar-refractivity contribution in [1.29, 1.82) is 0 Å². The second-order valence-corrected chi connectivity index (χ2v) is 9.09. The Morgan fingerprint density at radius 2 is 1.47 bits per heavy atom. The number of hydrogen-bond donors (Lipinski definition) is 1. The standard InChI is InChI=1S/C28H32N2O2/c1-29(23-14-9-15-24(32-2)28(23)31)26-22-16-18-30(19-17-22)27(26)25(20-10-5-3-6-11-20)21-12-7-4-8-13-21/h3-15,22,25-27,31H,16-19H2,1-2H3/t26-,27-/m1/s1. The third kappa shape index (κ3) is 3.63. The fourth-order valence-electron chi connectivity index (χ4n) is 6.04. The topological polar surface area (TPSA) is 35.9 Å². The number of benzene rings is 3. The number of likely N-dealkylation sites (N-methyl/N-ethyl adjacent to an activating group) is 1. The van der Waals surface area contributed by atoms with E-state index in [1.807, 2.05) is 18.2 Å². The quantitative estimate of drug-likeness (QED) is 0.590. The molecule has 6 rings (SSSR count).